The van der Waals surface area contributed by atoms with Crippen LogP contribution in [0.5, 0.6) is 0 Å². The van der Waals surface area contributed by atoms with Gasteiger partial charge in [-0.25, -0.2) is 9.59 Å². The van der Waals surface area contributed by atoms with E-state index in [9.17, 15) is 14.4 Å². The van der Waals surface area contributed by atoms with E-state index < -0.39 is 24.0 Å². The number of benzene rings is 3. The lowest BCUT2D eigenvalue weighted by molar-refractivity contribution is -0.141. The number of nitrogens with one attached hydrogen (secondary N) is 1. The summed E-state index contributed by atoms with van der Waals surface area (Å²) in [5.41, 5.74) is 4.83. The highest BCUT2D eigenvalue weighted by Crippen LogP contribution is 2.44. The normalized spacial score (nSPS) is 12.9. The number of amides is 2. The van der Waals surface area contributed by atoms with Gasteiger partial charge in [0.05, 0.1) is 10.7 Å². The molecule has 0 aliphatic heterocycles. The van der Waals surface area contributed by atoms with Crippen LogP contribution >= 0.6 is 11.6 Å². The highest BCUT2D eigenvalue weighted by molar-refractivity contribution is 6.33. The van der Waals surface area contributed by atoms with Crippen molar-refractivity contribution in [3.05, 3.63) is 88.4 Å². The minimum Gasteiger partial charge on any atom is -0.480 e. The van der Waals surface area contributed by atoms with Crippen molar-refractivity contribution in [2.24, 2.45) is 0 Å². The van der Waals surface area contributed by atoms with Crippen LogP contribution in [-0.2, 0) is 9.53 Å². The van der Waals surface area contributed by atoms with E-state index in [1.165, 1.54) is 32.2 Å². The molecule has 2 N–H and O–H groups in total. The minimum absolute atomic E-state index is 0.0901. The zero-order valence-corrected chi connectivity index (χ0v) is 19.4. The van der Waals surface area contributed by atoms with Crippen LogP contribution in [0.1, 0.15) is 34.3 Å². The molecular formula is C26H23ClN2O5. The first kappa shape index (κ1) is 23.3. The molecule has 1 aliphatic rings. The number of ether oxygens (including phenoxy) is 1. The molecule has 4 rings (SSSR count). The average Bonchev–Trinajstić information content (AvgIpc) is 3.16. The Labute approximate surface area is 201 Å². The smallest absolute Gasteiger partial charge is 0.411 e. The van der Waals surface area contributed by atoms with Gasteiger partial charge in [-0.3, -0.25) is 10.1 Å². The predicted octanol–water partition coefficient (Wildman–Crippen LogP) is 5.25. The summed E-state index contributed by atoms with van der Waals surface area (Å²) < 4.78 is 5.53. The third-order valence-corrected chi connectivity index (χ3v) is 6.38. The summed E-state index contributed by atoms with van der Waals surface area (Å²) in [6.07, 6.45) is -0.708. The van der Waals surface area contributed by atoms with Crippen molar-refractivity contribution in [3.63, 3.8) is 0 Å². The van der Waals surface area contributed by atoms with Crippen molar-refractivity contribution < 1.29 is 24.2 Å². The van der Waals surface area contributed by atoms with E-state index in [0.29, 0.717) is 0 Å². The van der Waals surface area contributed by atoms with Crippen LogP contribution in [0.25, 0.3) is 11.1 Å². The van der Waals surface area contributed by atoms with E-state index in [-0.39, 0.29) is 28.8 Å². The number of carbonyl (C=O) groups is 3. The summed E-state index contributed by atoms with van der Waals surface area (Å²) in [4.78, 5) is 37.5. The number of hydrogen-bond donors (Lipinski definition) is 2. The van der Waals surface area contributed by atoms with Gasteiger partial charge in [-0.05, 0) is 47.4 Å². The van der Waals surface area contributed by atoms with Crippen LogP contribution in [0.4, 0.5) is 10.5 Å². The van der Waals surface area contributed by atoms with Gasteiger partial charge < -0.3 is 14.7 Å². The molecule has 0 fully saturated rings. The number of aliphatic carboxylic acids is 1. The molecule has 0 aromatic heterocycles. The summed E-state index contributed by atoms with van der Waals surface area (Å²) in [6.45, 7) is 1.54. The molecule has 3 aromatic carbocycles. The molecule has 0 radical (unpaired) electrons. The van der Waals surface area contributed by atoms with E-state index in [0.717, 1.165) is 27.2 Å². The van der Waals surface area contributed by atoms with Gasteiger partial charge in [-0.2, -0.15) is 0 Å². The van der Waals surface area contributed by atoms with Crippen LogP contribution in [0.3, 0.4) is 0 Å². The molecule has 3 aromatic rings. The van der Waals surface area contributed by atoms with Gasteiger partial charge in [0.25, 0.3) is 5.91 Å². The van der Waals surface area contributed by atoms with Crippen LogP contribution in [0, 0.1) is 0 Å². The maximum atomic E-state index is 12.6. The van der Waals surface area contributed by atoms with E-state index in [1.807, 2.05) is 36.4 Å². The van der Waals surface area contributed by atoms with Gasteiger partial charge in [0.2, 0.25) is 0 Å². The number of carbonyl (C=O) groups excluding carboxylic acids is 2. The second-order valence-electron chi connectivity index (χ2n) is 8.08. The summed E-state index contributed by atoms with van der Waals surface area (Å²) in [6, 6.07) is 19.4. The zero-order chi connectivity index (χ0) is 24.4. The maximum absolute atomic E-state index is 12.6. The number of hydrogen-bond acceptors (Lipinski definition) is 4. The van der Waals surface area contributed by atoms with E-state index in [2.05, 4.69) is 17.4 Å². The van der Waals surface area contributed by atoms with Crippen LogP contribution in [0.2, 0.25) is 5.02 Å². The molecule has 0 bridgehead atoms. The van der Waals surface area contributed by atoms with Gasteiger partial charge in [-0.1, -0.05) is 60.1 Å². The monoisotopic (exact) mass is 478 g/mol. The molecule has 1 aliphatic carbocycles. The number of likely N-dealkylation sites (N-methyl/N-ethyl adjacent to an activating group) is 1. The summed E-state index contributed by atoms with van der Waals surface area (Å²) in [7, 11) is 1.40. The van der Waals surface area contributed by atoms with Gasteiger partial charge >= 0.3 is 12.1 Å². The van der Waals surface area contributed by atoms with Crippen molar-refractivity contribution in [2.75, 3.05) is 19.0 Å². The Kier molecular flexibility index (Phi) is 6.56. The van der Waals surface area contributed by atoms with Crippen molar-refractivity contribution in [2.45, 2.75) is 18.9 Å². The molecule has 174 valence electrons. The highest BCUT2D eigenvalue weighted by Gasteiger charge is 2.29. The SMILES string of the molecule is CC(C(=O)O)N(C)C(=O)c1ccc(Cl)c(NC(=O)OCC2c3ccccc3-c3ccccc32)c1. The molecule has 2 amide bonds. The van der Waals surface area contributed by atoms with Gasteiger partial charge in [0.1, 0.15) is 12.6 Å². The first-order valence-corrected chi connectivity index (χ1v) is 11.1. The molecular weight excluding hydrogens is 456 g/mol. The number of nitrogens with zero attached hydrogens (tertiary/aromatic N) is 1. The Bertz CT molecular complexity index is 1230. The minimum atomic E-state index is -1.12. The topological polar surface area (TPSA) is 95.9 Å². The van der Waals surface area contributed by atoms with Crippen molar-refractivity contribution in [3.8, 4) is 11.1 Å². The fourth-order valence-corrected chi connectivity index (χ4v) is 4.21. The second-order valence-corrected chi connectivity index (χ2v) is 8.48. The lowest BCUT2D eigenvalue weighted by atomic mass is 9.98. The molecule has 7 nitrogen and oxygen atoms in total. The first-order chi connectivity index (χ1) is 16.3. The fourth-order valence-electron chi connectivity index (χ4n) is 4.04. The third kappa shape index (κ3) is 4.47. The number of carboxylic acid groups (broad SMARTS) is 1. The zero-order valence-electron chi connectivity index (χ0n) is 18.6. The third-order valence-electron chi connectivity index (χ3n) is 6.05. The van der Waals surface area contributed by atoms with Crippen LogP contribution in [-0.4, -0.2) is 47.7 Å². The quantitative estimate of drug-likeness (QED) is 0.504. The van der Waals surface area contributed by atoms with Crippen molar-refractivity contribution in [1.29, 1.82) is 0 Å². The van der Waals surface area contributed by atoms with Crippen molar-refractivity contribution >= 4 is 35.3 Å². The number of carboxylic acids is 1. The second kappa shape index (κ2) is 9.57. The largest absolute Gasteiger partial charge is 0.480 e. The number of halogens is 1. The molecule has 1 atom stereocenters. The Morgan fingerprint density at radius 3 is 2.21 bits per heavy atom. The standard InChI is InChI=1S/C26H23ClN2O5/c1-15(25(31)32)29(2)24(30)16-11-12-22(27)23(13-16)28-26(33)34-14-21-19-9-5-3-7-17(19)18-8-4-6-10-20(18)21/h3-13,15,21H,14H2,1-2H3,(H,28,33)(H,31,32). The Hall–Kier alpha value is -3.84. The predicted molar refractivity (Wildman–Crippen MR) is 129 cm³/mol. The summed E-state index contributed by atoms with van der Waals surface area (Å²) >= 11 is 6.21. The van der Waals surface area contributed by atoms with E-state index in [4.69, 9.17) is 21.4 Å². The molecule has 0 saturated carbocycles. The lowest BCUT2D eigenvalue weighted by Gasteiger charge is -2.22. The van der Waals surface area contributed by atoms with Gasteiger partial charge in [-0.15, -0.1) is 0 Å². The molecule has 0 saturated heterocycles. The van der Waals surface area contributed by atoms with E-state index in [1.54, 1.807) is 0 Å². The van der Waals surface area contributed by atoms with Crippen molar-refractivity contribution in [1.82, 2.24) is 4.90 Å². The lowest BCUT2D eigenvalue weighted by Crippen LogP contribution is -2.40. The van der Waals surface area contributed by atoms with Crippen LogP contribution in [0.15, 0.2) is 66.7 Å². The highest BCUT2D eigenvalue weighted by atomic mass is 35.5. The Morgan fingerprint density at radius 1 is 1.03 bits per heavy atom. The molecule has 0 heterocycles. The Balaban J connectivity index is 1.46. The molecule has 34 heavy (non-hydrogen) atoms. The Morgan fingerprint density at radius 2 is 1.62 bits per heavy atom. The first-order valence-electron chi connectivity index (χ1n) is 10.7. The number of rotatable bonds is 6. The molecule has 0 spiro atoms. The molecule has 8 heteroatoms. The van der Waals surface area contributed by atoms with Gasteiger partial charge in [0.15, 0.2) is 0 Å². The van der Waals surface area contributed by atoms with Gasteiger partial charge in [0, 0.05) is 18.5 Å². The van der Waals surface area contributed by atoms with E-state index >= 15 is 0 Å². The average molecular weight is 479 g/mol. The molecule has 1 unspecified atom stereocenters. The maximum Gasteiger partial charge on any atom is 0.411 e. The number of anilines is 1. The summed E-state index contributed by atoms with van der Waals surface area (Å²) in [5, 5.41) is 12.0. The van der Waals surface area contributed by atoms with Crippen LogP contribution < -0.4 is 5.32 Å². The number of fused-ring (bicyclic) bond motifs is 3. The summed E-state index contributed by atoms with van der Waals surface area (Å²) in [5.74, 6) is -1.73. The fraction of sp³-hybridized carbons (Fsp3) is 0.192.